The van der Waals surface area contributed by atoms with Crippen molar-refractivity contribution in [1.29, 1.82) is 0 Å². The number of allylic oxidation sites excluding steroid dienone is 2. The van der Waals surface area contributed by atoms with Crippen LogP contribution in [0, 0.1) is 11.8 Å². The van der Waals surface area contributed by atoms with Crippen molar-refractivity contribution in [3.63, 3.8) is 0 Å². The van der Waals surface area contributed by atoms with Gasteiger partial charge in [-0.25, -0.2) is 9.78 Å². The number of hydrogen-bond donors (Lipinski definition) is 3. The number of nitrogens with zero attached hydrogens (tertiary/aromatic N) is 1. The summed E-state index contributed by atoms with van der Waals surface area (Å²) < 4.78 is 22.9. The number of fused-ring (bicyclic) bond motifs is 5. The fourth-order valence-corrected chi connectivity index (χ4v) is 5.64. The van der Waals surface area contributed by atoms with Crippen molar-refractivity contribution in [1.82, 2.24) is 4.98 Å². The Balaban J connectivity index is 1.85. The van der Waals surface area contributed by atoms with E-state index in [0.717, 1.165) is 0 Å². The van der Waals surface area contributed by atoms with Crippen molar-refractivity contribution >= 4 is 28.8 Å². The highest BCUT2D eigenvalue weighted by Crippen LogP contribution is 2.32. The van der Waals surface area contributed by atoms with Crippen LogP contribution in [0.15, 0.2) is 75.0 Å². The predicted octanol–water partition coefficient (Wildman–Crippen LogP) is 4.75. The molecular weight excluding hydrogens is 578 g/mol. The van der Waals surface area contributed by atoms with E-state index in [9.17, 15) is 19.5 Å². The number of benzene rings is 2. The summed E-state index contributed by atoms with van der Waals surface area (Å²) in [5.74, 6) is -0.713. The normalized spacial score (nSPS) is 28.5. The summed E-state index contributed by atoms with van der Waals surface area (Å²) in [5.41, 5.74) is 7.93. The Morgan fingerprint density at radius 1 is 1.13 bits per heavy atom. The van der Waals surface area contributed by atoms with Crippen LogP contribution in [0.3, 0.4) is 0 Å². The predicted molar refractivity (Wildman–Crippen MR) is 171 cm³/mol. The Hall–Kier alpha value is -4.32. The van der Waals surface area contributed by atoms with Gasteiger partial charge in [-0.2, -0.15) is 0 Å². The zero-order valence-corrected chi connectivity index (χ0v) is 26.4. The summed E-state index contributed by atoms with van der Waals surface area (Å²) in [6.45, 7) is 7.15. The fourth-order valence-electron chi connectivity index (χ4n) is 5.64. The highest BCUT2D eigenvalue weighted by molar-refractivity contribution is 6.04. The lowest BCUT2D eigenvalue weighted by Gasteiger charge is -2.29. The zero-order chi connectivity index (χ0) is 32.8. The molecule has 2 aliphatic heterocycles. The largest absolute Gasteiger partial charge is 0.452 e. The molecule has 0 spiro atoms. The average Bonchev–Trinajstić information content (AvgIpc) is 3.01. The molecule has 0 saturated heterocycles. The van der Waals surface area contributed by atoms with Gasteiger partial charge >= 0.3 is 6.09 Å². The summed E-state index contributed by atoms with van der Waals surface area (Å²) >= 11 is 0. The van der Waals surface area contributed by atoms with Gasteiger partial charge in [0.05, 0.1) is 17.9 Å². The van der Waals surface area contributed by atoms with Gasteiger partial charge in [0.1, 0.15) is 17.3 Å². The molecule has 3 aliphatic rings. The van der Waals surface area contributed by atoms with Crippen molar-refractivity contribution in [2.24, 2.45) is 17.6 Å². The van der Waals surface area contributed by atoms with Crippen molar-refractivity contribution in [3.05, 3.63) is 81.6 Å². The number of anilines is 1. The first-order valence-electron chi connectivity index (χ1n) is 14.8. The SMILES string of the molecule is CO[C@H]1/C=C\C=C(/C)C(=O)Nc2cc3nc4ccccc4oc-3c(c2=O)C[C@@H](C)C[C@H](OC)[C@@H](O)[C@@H](C)/C=C(\C)C1OC(N)=O. The Bertz CT molecular complexity index is 1660. The fraction of sp³-hybridized carbons (Fsp3) is 0.412. The maximum atomic E-state index is 13.9. The number of carbonyl (C=O) groups is 2. The number of amides is 2. The van der Waals surface area contributed by atoms with Gasteiger partial charge in [-0.05, 0) is 56.4 Å². The van der Waals surface area contributed by atoms with Crippen LogP contribution < -0.4 is 16.5 Å². The van der Waals surface area contributed by atoms with E-state index in [-0.39, 0.29) is 23.5 Å². The molecule has 45 heavy (non-hydrogen) atoms. The molecule has 1 unspecified atom stereocenters. The van der Waals surface area contributed by atoms with Crippen molar-refractivity contribution in [2.45, 2.75) is 65.0 Å². The molecule has 4 rings (SSSR count). The average molecular weight is 620 g/mol. The van der Waals surface area contributed by atoms with E-state index in [1.165, 1.54) is 20.3 Å². The van der Waals surface area contributed by atoms with E-state index >= 15 is 0 Å². The maximum absolute atomic E-state index is 13.9. The first-order chi connectivity index (χ1) is 21.4. The van der Waals surface area contributed by atoms with Crippen molar-refractivity contribution < 1.29 is 33.3 Å². The van der Waals surface area contributed by atoms with Crippen LogP contribution in [0.4, 0.5) is 10.5 Å². The number of carbonyl (C=O) groups excluding carboxylic acids is 2. The van der Waals surface area contributed by atoms with E-state index in [1.54, 1.807) is 44.2 Å². The molecule has 0 radical (unpaired) electrons. The summed E-state index contributed by atoms with van der Waals surface area (Å²) in [7, 11) is 2.98. The number of ether oxygens (including phenoxy) is 3. The van der Waals surface area contributed by atoms with E-state index in [2.05, 4.69) is 5.32 Å². The summed E-state index contributed by atoms with van der Waals surface area (Å²) in [4.78, 5) is 43.6. The number of aliphatic hydroxyl groups is 1. The Kier molecular flexibility index (Phi) is 10.9. The second kappa shape index (κ2) is 14.6. The molecule has 1 aliphatic carbocycles. The number of nitrogens with one attached hydrogen (secondary N) is 1. The lowest BCUT2D eigenvalue weighted by atomic mass is 9.87. The van der Waals surface area contributed by atoms with Crippen LogP contribution >= 0.6 is 0 Å². The Labute approximate surface area is 262 Å². The highest BCUT2D eigenvalue weighted by Gasteiger charge is 2.30. The lowest BCUT2D eigenvalue weighted by molar-refractivity contribution is -0.112. The molecule has 0 fully saturated rings. The molecule has 6 atom stereocenters. The third-order valence-electron chi connectivity index (χ3n) is 8.08. The first-order valence-corrected chi connectivity index (χ1v) is 14.8. The molecule has 1 aromatic rings. The maximum Gasteiger partial charge on any atom is 0.405 e. The number of aromatic nitrogens is 1. The van der Waals surface area contributed by atoms with Gasteiger partial charge in [-0.15, -0.1) is 0 Å². The number of primary amides is 1. The molecule has 2 bridgehead atoms. The number of hydrogen-bond acceptors (Lipinski definition) is 9. The second-order valence-electron chi connectivity index (χ2n) is 11.6. The number of rotatable bonds is 3. The standard InChI is InChI=1S/C34H41N3O8/c1-18-14-22-30(39)24(17-25-32(22)44-26-12-8-7-11-23(26)36-25)37-33(40)19(2)10-9-13-27(42-5)31(45-34(35)41)21(4)16-20(3)29(38)28(15-18)43-6/h7-13,16-18,20,27-29,31,38H,14-15H2,1-6H3,(H2,35,41)(H,37,40)/b13-9-,19-10+,21-16+/t18-,20+,27+,28+,29+,31?/m1/s1. The van der Waals surface area contributed by atoms with Crippen molar-refractivity contribution in [2.75, 3.05) is 19.5 Å². The van der Waals surface area contributed by atoms with Crippen molar-refractivity contribution in [3.8, 4) is 11.5 Å². The molecule has 0 aromatic heterocycles. The van der Waals surface area contributed by atoms with Gasteiger partial charge in [0.25, 0.3) is 5.91 Å². The number of aliphatic hydroxyl groups excluding tert-OH is 1. The van der Waals surface area contributed by atoms with Crippen LogP contribution in [0.1, 0.15) is 39.7 Å². The Morgan fingerprint density at radius 3 is 2.56 bits per heavy atom. The highest BCUT2D eigenvalue weighted by atomic mass is 16.6. The molecule has 1 aromatic carbocycles. The summed E-state index contributed by atoms with van der Waals surface area (Å²) in [6.07, 6.45) is 3.08. The quantitative estimate of drug-likeness (QED) is 0.277. The lowest BCUT2D eigenvalue weighted by Crippen LogP contribution is -2.37. The molecular formula is C34H41N3O8. The van der Waals surface area contributed by atoms with Crippen LogP contribution in [0.5, 0.6) is 0 Å². The monoisotopic (exact) mass is 619 g/mol. The number of methoxy groups -OCH3 is 2. The van der Waals surface area contributed by atoms with Gasteiger partial charge < -0.3 is 34.8 Å². The zero-order valence-electron chi connectivity index (χ0n) is 26.4. The second-order valence-corrected chi connectivity index (χ2v) is 11.6. The molecule has 11 heteroatoms. The van der Waals surface area contributed by atoms with Gasteiger partial charge in [-0.3, -0.25) is 9.59 Å². The van der Waals surface area contributed by atoms with Crippen LogP contribution in [0.25, 0.3) is 22.6 Å². The van der Waals surface area contributed by atoms with Gasteiger partial charge in [0, 0.05) is 31.3 Å². The Morgan fingerprint density at radius 2 is 1.87 bits per heavy atom. The van der Waals surface area contributed by atoms with Crippen LogP contribution in [0.2, 0.25) is 0 Å². The van der Waals surface area contributed by atoms with E-state index < -0.39 is 42.3 Å². The molecule has 2 amide bonds. The minimum atomic E-state index is -0.985. The molecule has 0 saturated carbocycles. The van der Waals surface area contributed by atoms with E-state index in [1.807, 2.05) is 32.0 Å². The smallest absolute Gasteiger partial charge is 0.405 e. The topological polar surface area (TPSA) is 163 Å². The summed E-state index contributed by atoms with van der Waals surface area (Å²) in [5, 5.41) is 14.1. The minimum Gasteiger partial charge on any atom is -0.452 e. The third kappa shape index (κ3) is 7.86. The minimum absolute atomic E-state index is 0.0730. The molecule has 240 valence electrons. The molecule has 11 nitrogen and oxygen atoms in total. The number of nitrogens with two attached hydrogens (primary N) is 1. The van der Waals surface area contributed by atoms with E-state index in [4.69, 9.17) is 29.3 Å². The first kappa shape index (κ1) is 33.6. The molecule has 2 heterocycles. The van der Waals surface area contributed by atoms with Gasteiger partial charge in [-0.1, -0.05) is 50.3 Å². The van der Waals surface area contributed by atoms with Gasteiger partial charge in [0.15, 0.2) is 17.4 Å². The van der Waals surface area contributed by atoms with Crippen LogP contribution in [-0.2, 0) is 25.4 Å². The molecule has 4 N–H and O–H groups in total. The third-order valence-corrected chi connectivity index (χ3v) is 8.08. The van der Waals surface area contributed by atoms with Crippen LogP contribution in [-0.4, -0.2) is 60.7 Å². The number of para-hydroxylation sites is 2. The van der Waals surface area contributed by atoms with Gasteiger partial charge in [0.2, 0.25) is 5.43 Å². The summed E-state index contributed by atoms with van der Waals surface area (Å²) in [6, 6.07) is 8.78. The van der Waals surface area contributed by atoms with E-state index in [0.29, 0.717) is 45.7 Å².